The number of ether oxygens (including phenoxy) is 1. The molecule has 2 atom stereocenters. The van der Waals surface area contributed by atoms with Crippen LogP contribution in [-0.2, 0) is 9.53 Å². The van der Waals surface area contributed by atoms with Gasteiger partial charge in [0, 0.05) is 23.5 Å². The van der Waals surface area contributed by atoms with Gasteiger partial charge in [0.15, 0.2) is 0 Å². The predicted octanol–water partition coefficient (Wildman–Crippen LogP) is 6.92. The van der Waals surface area contributed by atoms with Crippen molar-refractivity contribution < 1.29 is 9.53 Å². The zero-order valence-corrected chi connectivity index (χ0v) is 19.7. The summed E-state index contributed by atoms with van der Waals surface area (Å²) < 4.78 is 5.37. The zero-order chi connectivity index (χ0) is 24.0. The lowest BCUT2D eigenvalue weighted by atomic mass is 9.84. The molecule has 1 N–H and O–H groups in total. The van der Waals surface area contributed by atoms with Crippen molar-refractivity contribution in [3.05, 3.63) is 144 Å². The first-order valence-corrected chi connectivity index (χ1v) is 11.8. The number of benzene rings is 4. The van der Waals surface area contributed by atoms with Crippen LogP contribution in [0.5, 0.6) is 0 Å². The maximum atomic E-state index is 13.4. The maximum absolute atomic E-state index is 13.4. The summed E-state index contributed by atoms with van der Waals surface area (Å²) >= 11 is 0. The average molecular weight is 461 g/mol. The highest BCUT2D eigenvalue weighted by Gasteiger charge is 2.41. The van der Waals surface area contributed by atoms with Gasteiger partial charge in [-0.2, -0.15) is 0 Å². The number of hydrogen-bond acceptors (Lipinski definition) is 4. The number of nitrogens with one attached hydrogen (secondary N) is 1. The van der Waals surface area contributed by atoms with Gasteiger partial charge in [0.2, 0.25) is 0 Å². The lowest BCUT2D eigenvalue weighted by Crippen LogP contribution is -2.41. The Labute approximate surface area is 206 Å². The predicted molar refractivity (Wildman–Crippen MR) is 141 cm³/mol. The van der Waals surface area contributed by atoms with Crippen LogP contribution < -0.4 is 10.2 Å². The summed E-state index contributed by atoms with van der Waals surface area (Å²) in [7, 11) is 1.45. The number of nitrogens with zero attached hydrogens (tertiary/aromatic N) is 1. The smallest absolute Gasteiger partial charge is 0.337 e. The van der Waals surface area contributed by atoms with Gasteiger partial charge in [-0.05, 0) is 35.4 Å². The van der Waals surface area contributed by atoms with E-state index in [1.54, 1.807) is 0 Å². The third-order valence-electron chi connectivity index (χ3n) is 6.44. The number of esters is 1. The Hall–Kier alpha value is -4.31. The van der Waals surface area contributed by atoms with E-state index in [0.29, 0.717) is 12.0 Å². The minimum atomic E-state index is -0.337. The number of carbonyl (C=O) groups excluding carboxylic acids is 1. The Morgan fingerprint density at radius 3 is 1.83 bits per heavy atom. The van der Waals surface area contributed by atoms with Gasteiger partial charge in [0.1, 0.15) is 0 Å². The van der Waals surface area contributed by atoms with E-state index in [1.807, 2.05) is 72.8 Å². The molecule has 4 nitrogen and oxygen atoms in total. The van der Waals surface area contributed by atoms with Crippen molar-refractivity contribution in [2.45, 2.75) is 18.5 Å². The number of anilines is 2. The van der Waals surface area contributed by atoms with Crippen molar-refractivity contribution >= 4 is 17.3 Å². The van der Waals surface area contributed by atoms with Crippen LogP contribution in [0.1, 0.15) is 29.6 Å². The van der Waals surface area contributed by atoms with Crippen molar-refractivity contribution in [1.29, 1.82) is 0 Å². The molecule has 174 valence electrons. The van der Waals surface area contributed by atoms with Crippen LogP contribution in [0.25, 0.3) is 0 Å². The molecule has 5 rings (SSSR count). The van der Waals surface area contributed by atoms with Crippen molar-refractivity contribution in [1.82, 2.24) is 0 Å². The van der Waals surface area contributed by atoms with E-state index < -0.39 is 0 Å². The van der Waals surface area contributed by atoms with Gasteiger partial charge in [0.25, 0.3) is 0 Å². The van der Waals surface area contributed by atoms with E-state index in [1.165, 1.54) is 12.7 Å². The summed E-state index contributed by atoms with van der Waals surface area (Å²) in [5.74, 6) is -0.329. The number of hydrogen-bond donors (Lipinski definition) is 1. The van der Waals surface area contributed by atoms with Gasteiger partial charge in [0.05, 0.1) is 24.8 Å². The molecule has 0 spiro atoms. The van der Waals surface area contributed by atoms with Gasteiger partial charge in [-0.3, -0.25) is 0 Å². The molecule has 4 aromatic carbocycles. The van der Waals surface area contributed by atoms with Crippen LogP contribution in [0.2, 0.25) is 0 Å². The average Bonchev–Trinajstić information content (AvgIpc) is 2.94. The summed E-state index contributed by atoms with van der Waals surface area (Å²) in [4.78, 5) is 15.8. The standard InChI is InChI=1S/C31H28N2O2/c1-35-31(34)29-27(32-25-18-10-4-11-19-25)22-28(23-14-6-2-7-15-23)33(26-20-12-5-13-21-26)30(29)24-16-8-3-9-17-24/h2-21,28,30,32H,22H2,1H3/t28-,30+/m0/s1. The first-order valence-electron chi connectivity index (χ1n) is 11.8. The molecule has 0 aliphatic carbocycles. The molecular formula is C31H28N2O2. The Bertz CT molecular complexity index is 1290. The molecule has 0 fully saturated rings. The number of carbonyl (C=O) groups is 1. The van der Waals surface area contributed by atoms with E-state index in [9.17, 15) is 4.79 Å². The first kappa shape index (κ1) is 22.5. The van der Waals surface area contributed by atoms with Gasteiger partial charge in [-0.15, -0.1) is 0 Å². The Morgan fingerprint density at radius 1 is 0.743 bits per heavy atom. The zero-order valence-electron chi connectivity index (χ0n) is 19.7. The normalized spacial score (nSPS) is 17.7. The second-order valence-corrected chi connectivity index (χ2v) is 8.56. The second-order valence-electron chi connectivity index (χ2n) is 8.56. The summed E-state index contributed by atoms with van der Waals surface area (Å²) in [6, 6.07) is 40.7. The molecule has 0 radical (unpaired) electrons. The molecular weight excluding hydrogens is 432 g/mol. The number of rotatable bonds is 6. The summed E-state index contributed by atoms with van der Waals surface area (Å²) in [6.07, 6.45) is 0.627. The molecule has 0 amide bonds. The lowest BCUT2D eigenvalue weighted by molar-refractivity contribution is -0.136. The minimum absolute atomic E-state index is 0.00317. The summed E-state index contributed by atoms with van der Waals surface area (Å²) in [5.41, 5.74) is 5.71. The van der Waals surface area contributed by atoms with Crippen LogP contribution in [0.15, 0.2) is 133 Å². The van der Waals surface area contributed by atoms with Crippen molar-refractivity contribution in [3.63, 3.8) is 0 Å². The highest BCUT2D eigenvalue weighted by atomic mass is 16.5. The molecule has 0 unspecified atom stereocenters. The van der Waals surface area contributed by atoms with Gasteiger partial charge in [-0.1, -0.05) is 97.1 Å². The van der Waals surface area contributed by atoms with Gasteiger partial charge >= 0.3 is 5.97 Å². The Kier molecular flexibility index (Phi) is 6.62. The third kappa shape index (κ3) is 4.69. The maximum Gasteiger partial charge on any atom is 0.337 e. The van der Waals surface area contributed by atoms with Crippen LogP contribution in [0.4, 0.5) is 11.4 Å². The highest BCUT2D eigenvalue weighted by Crippen LogP contribution is 2.47. The van der Waals surface area contributed by atoms with Crippen molar-refractivity contribution in [3.8, 4) is 0 Å². The van der Waals surface area contributed by atoms with Gasteiger partial charge < -0.3 is 15.0 Å². The SMILES string of the molecule is COC(=O)C1=C(Nc2ccccc2)C[C@@H](c2ccccc2)N(c2ccccc2)[C@@H]1c1ccccc1. The summed E-state index contributed by atoms with van der Waals surface area (Å²) in [6.45, 7) is 0. The molecule has 1 aliphatic heterocycles. The van der Waals surface area contributed by atoms with Crippen LogP contribution in [0.3, 0.4) is 0 Å². The third-order valence-corrected chi connectivity index (χ3v) is 6.44. The van der Waals surface area contributed by atoms with E-state index >= 15 is 0 Å². The molecule has 35 heavy (non-hydrogen) atoms. The largest absolute Gasteiger partial charge is 0.466 e. The highest BCUT2D eigenvalue weighted by molar-refractivity contribution is 5.93. The fourth-order valence-corrected chi connectivity index (χ4v) is 4.89. The topological polar surface area (TPSA) is 41.6 Å². The number of para-hydroxylation sites is 2. The Balaban J connectivity index is 1.76. The molecule has 4 heteroatoms. The first-order chi connectivity index (χ1) is 17.3. The lowest BCUT2D eigenvalue weighted by Gasteiger charge is -2.45. The second kappa shape index (κ2) is 10.3. The molecule has 0 aromatic heterocycles. The van der Waals surface area contributed by atoms with E-state index in [2.05, 4.69) is 58.7 Å². The molecule has 1 heterocycles. The van der Waals surface area contributed by atoms with E-state index in [4.69, 9.17) is 4.74 Å². The fraction of sp³-hybridized carbons (Fsp3) is 0.129. The summed E-state index contributed by atoms with van der Waals surface area (Å²) in [5, 5.41) is 3.57. The van der Waals surface area contributed by atoms with Crippen LogP contribution in [-0.4, -0.2) is 13.1 Å². The van der Waals surface area contributed by atoms with Crippen molar-refractivity contribution in [2.24, 2.45) is 0 Å². The van der Waals surface area contributed by atoms with Crippen molar-refractivity contribution in [2.75, 3.05) is 17.3 Å². The van der Waals surface area contributed by atoms with E-state index in [-0.39, 0.29) is 18.1 Å². The van der Waals surface area contributed by atoms with Crippen LogP contribution >= 0.6 is 0 Å². The minimum Gasteiger partial charge on any atom is -0.466 e. The molecule has 0 saturated carbocycles. The van der Waals surface area contributed by atoms with E-state index in [0.717, 1.165) is 22.6 Å². The Morgan fingerprint density at radius 2 is 1.26 bits per heavy atom. The fourth-order valence-electron chi connectivity index (χ4n) is 4.89. The quantitative estimate of drug-likeness (QED) is 0.317. The molecule has 0 saturated heterocycles. The molecule has 0 bridgehead atoms. The molecule has 4 aromatic rings. The molecule has 1 aliphatic rings. The van der Waals surface area contributed by atoms with Gasteiger partial charge in [-0.25, -0.2) is 4.79 Å². The van der Waals surface area contributed by atoms with Crippen LogP contribution in [0, 0.1) is 0 Å². The number of methoxy groups -OCH3 is 1. The monoisotopic (exact) mass is 460 g/mol.